The van der Waals surface area contributed by atoms with Crippen molar-refractivity contribution in [2.45, 2.75) is 63.8 Å². The van der Waals surface area contributed by atoms with Gasteiger partial charge in [0.2, 0.25) is 23.5 Å². The number of anilines is 1. The highest BCUT2D eigenvalue weighted by molar-refractivity contribution is 5.95. The van der Waals surface area contributed by atoms with Crippen LogP contribution in [0.2, 0.25) is 0 Å². The fourth-order valence-electron chi connectivity index (χ4n) is 6.53. The van der Waals surface area contributed by atoms with Crippen LogP contribution in [-0.2, 0) is 22.4 Å². The first-order valence-corrected chi connectivity index (χ1v) is 15.7. The third-order valence-electron chi connectivity index (χ3n) is 8.72. The fraction of sp³-hybridized carbons (Fsp3) is 0.400. The molecule has 0 aliphatic carbocycles. The van der Waals surface area contributed by atoms with Crippen molar-refractivity contribution in [2.75, 3.05) is 31.7 Å². The quantitative estimate of drug-likeness (QED) is 0.277. The Morgan fingerprint density at radius 1 is 1.07 bits per heavy atom. The largest absolute Gasteiger partial charge is 0.493 e. The lowest BCUT2D eigenvalue weighted by Crippen LogP contribution is -2.41. The molecule has 0 N–H and O–H groups in total. The number of hydrogen-bond acceptors (Lipinski definition) is 8. The first kappa shape index (κ1) is 30.3. The Hall–Kier alpha value is -4.73. The molecule has 2 aromatic carbocycles. The van der Waals surface area contributed by atoms with E-state index in [1.54, 1.807) is 26.4 Å². The van der Waals surface area contributed by atoms with Crippen molar-refractivity contribution in [3.63, 3.8) is 0 Å². The van der Waals surface area contributed by atoms with E-state index in [0.29, 0.717) is 68.6 Å². The zero-order chi connectivity index (χ0) is 31.2. The first-order chi connectivity index (χ1) is 22.0. The summed E-state index contributed by atoms with van der Waals surface area (Å²) in [5.74, 6) is 2.60. The number of aromatic nitrogens is 3. The number of rotatable bonds is 6. The first-order valence-electron chi connectivity index (χ1n) is 15.7. The molecule has 2 aromatic heterocycles. The number of pyridine rings is 1. The molecule has 6 rings (SSSR count). The maximum atomic E-state index is 13.6. The second-order valence-corrected chi connectivity index (χ2v) is 11.6. The lowest BCUT2D eigenvalue weighted by Gasteiger charge is -2.31. The summed E-state index contributed by atoms with van der Waals surface area (Å²) in [6, 6.07) is 17.8. The number of hydrogen-bond donors (Lipinski definition) is 0. The van der Waals surface area contributed by atoms with Crippen LogP contribution in [0.25, 0.3) is 11.4 Å². The molecule has 234 valence electrons. The number of aryl methyl sites for hydroxylation is 1. The van der Waals surface area contributed by atoms with Gasteiger partial charge in [-0.25, -0.2) is 0 Å². The summed E-state index contributed by atoms with van der Waals surface area (Å²) in [5.41, 5.74) is 3.98. The van der Waals surface area contributed by atoms with Gasteiger partial charge in [-0.05, 0) is 73.6 Å². The van der Waals surface area contributed by atoms with Gasteiger partial charge in [-0.3, -0.25) is 14.6 Å². The van der Waals surface area contributed by atoms with Gasteiger partial charge in [0.25, 0.3) is 0 Å². The minimum absolute atomic E-state index is 0.0155. The average Bonchev–Trinajstić information content (AvgIpc) is 3.65. The number of carbonyl (C=O) groups is 2. The molecule has 10 heteroatoms. The minimum atomic E-state index is -0.0763. The molecule has 2 amide bonds. The van der Waals surface area contributed by atoms with E-state index in [0.717, 1.165) is 41.6 Å². The monoisotopic (exact) mass is 609 g/mol. The van der Waals surface area contributed by atoms with Crippen molar-refractivity contribution in [2.24, 2.45) is 0 Å². The Balaban J connectivity index is 1.19. The lowest BCUT2D eigenvalue weighted by atomic mass is 9.87. The predicted molar refractivity (Wildman–Crippen MR) is 169 cm³/mol. The third-order valence-corrected chi connectivity index (χ3v) is 8.72. The molecule has 2 aliphatic rings. The highest BCUT2D eigenvalue weighted by Crippen LogP contribution is 2.44. The Morgan fingerprint density at radius 3 is 2.78 bits per heavy atom. The van der Waals surface area contributed by atoms with E-state index in [1.807, 2.05) is 52.3 Å². The van der Waals surface area contributed by atoms with Gasteiger partial charge in [-0.1, -0.05) is 29.4 Å². The number of carbonyl (C=O) groups excluding carboxylic acids is 2. The summed E-state index contributed by atoms with van der Waals surface area (Å²) in [5, 5.41) is 4.07. The highest BCUT2D eigenvalue weighted by atomic mass is 16.5. The molecule has 0 fully saturated rings. The molecule has 4 heterocycles. The molecule has 0 unspecified atom stereocenters. The van der Waals surface area contributed by atoms with Gasteiger partial charge in [0.15, 0.2) is 11.5 Å². The molecular formula is C35H39N5O5. The molecule has 10 nitrogen and oxygen atoms in total. The van der Waals surface area contributed by atoms with Crippen molar-refractivity contribution in [3.05, 3.63) is 84.0 Å². The minimum Gasteiger partial charge on any atom is -0.493 e. The Kier molecular flexibility index (Phi) is 9.38. The second kappa shape index (κ2) is 13.9. The zero-order valence-electron chi connectivity index (χ0n) is 25.9. The van der Waals surface area contributed by atoms with Crippen molar-refractivity contribution in [1.82, 2.24) is 20.0 Å². The van der Waals surface area contributed by atoms with Crippen LogP contribution in [0.5, 0.6) is 11.5 Å². The number of amides is 2. The van der Waals surface area contributed by atoms with Gasteiger partial charge in [0.05, 0.1) is 13.7 Å². The summed E-state index contributed by atoms with van der Waals surface area (Å²) in [7, 11) is 1.64. The van der Waals surface area contributed by atoms with E-state index < -0.39 is 0 Å². The maximum Gasteiger partial charge on any atom is 0.226 e. The normalized spacial score (nSPS) is 18.4. The van der Waals surface area contributed by atoms with E-state index >= 15 is 0 Å². The van der Waals surface area contributed by atoms with E-state index in [-0.39, 0.29) is 23.8 Å². The van der Waals surface area contributed by atoms with Gasteiger partial charge in [-0.15, -0.1) is 0 Å². The van der Waals surface area contributed by atoms with Crippen molar-refractivity contribution >= 4 is 17.5 Å². The molecule has 4 aromatic rings. The van der Waals surface area contributed by atoms with Gasteiger partial charge in [0, 0.05) is 68.5 Å². The topological polar surface area (TPSA) is 111 Å². The van der Waals surface area contributed by atoms with Crippen LogP contribution in [0.3, 0.4) is 0 Å². The summed E-state index contributed by atoms with van der Waals surface area (Å²) in [6.45, 7) is 3.41. The average molecular weight is 610 g/mol. The molecule has 0 spiro atoms. The number of ether oxygens (including phenoxy) is 2. The number of methoxy groups -OCH3 is 1. The number of nitrogens with zero attached hydrogens (tertiary/aromatic N) is 5. The van der Waals surface area contributed by atoms with Crippen molar-refractivity contribution in [3.8, 4) is 22.9 Å². The van der Waals surface area contributed by atoms with Crippen LogP contribution >= 0.6 is 0 Å². The van der Waals surface area contributed by atoms with E-state index in [1.165, 1.54) is 0 Å². The predicted octanol–water partition coefficient (Wildman–Crippen LogP) is 5.62. The smallest absolute Gasteiger partial charge is 0.226 e. The van der Waals surface area contributed by atoms with Crippen molar-refractivity contribution < 1.29 is 23.6 Å². The third kappa shape index (κ3) is 6.84. The van der Waals surface area contributed by atoms with Crippen LogP contribution < -0.4 is 14.4 Å². The Morgan fingerprint density at radius 2 is 1.96 bits per heavy atom. The van der Waals surface area contributed by atoms with Gasteiger partial charge in [0.1, 0.15) is 0 Å². The van der Waals surface area contributed by atoms with Gasteiger partial charge in [-0.2, -0.15) is 4.98 Å². The Bertz CT molecular complexity index is 1620. The van der Waals surface area contributed by atoms with Gasteiger partial charge >= 0.3 is 0 Å². The lowest BCUT2D eigenvalue weighted by molar-refractivity contribution is -0.131. The molecule has 2 aliphatic heterocycles. The summed E-state index contributed by atoms with van der Waals surface area (Å²) in [6.07, 6.45) is 7.95. The molecule has 2 atom stereocenters. The van der Waals surface area contributed by atoms with Crippen molar-refractivity contribution in [1.29, 1.82) is 0 Å². The number of benzene rings is 2. The molecule has 0 radical (unpaired) electrons. The SMILES string of the molecule is COc1ccc2cc1OCCCCN(C(=O)CCCc1nc(-c3cccnc3)no1)CC[C@@H]1c3ccccc3N(C(C)=O)[C@@H]1C2. The standard InChI is InChI=1S/C35H39N5O5/c1-24(41)40-29-11-4-3-10-27(29)28-16-19-39(18-5-6-20-44-32-22-25(21-30(28)40)14-15-31(32)43-2)34(42)13-7-12-33-37-35(38-45-33)26-9-8-17-36-23-26/h3-4,8-11,14-15,17,22-23,28,30H,5-7,12-13,16,18-21H2,1-2H3/t28-,30-/m1/s1. The molecule has 45 heavy (non-hydrogen) atoms. The number of para-hydroxylation sites is 1. The Labute approximate surface area is 263 Å². The zero-order valence-corrected chi connectivity index (χ0v) is 25.9. The van der Waals surface area contributed by atoms with E-state index in [9.17, 15) is 9.59 Å². The van der Waals surface area contributed by atoms with E-state index in [4.69, 9.17) is 14.0 Å². The molecule has 0 saturated heterocycles. The van der Waals surface area contributed by atoms with Crippen LogP contribution in [0.4, 0.5) is 5.69 Å². The summed E-state index contributed by atoms with van der Waals surface area (Å²) >= 11 is 0. The van der Waals surface area contributed by atoms with Gasteiger partial charge < -0.3 is 23.8 Å². The van der Waals surface area contributed by atoms with Crippen LogP contribution in [0, 0.1) is 0 Å². The fourth-order valence-corrected chi connectivity index (χ4v) is 6.53. The molecule has 0 saturated carbocycles. The highest BCUT2D eigenvalue weighted by Gasteiger charge is 2.40. The number of fused-ring (bicyclic) bond motifs is 5. The van der Waals surface area contributed by atoms with E-state index in [2.05, 4.69) is 27.3 Å². The van der Waals surface area contributed by atoms with Crippen LogP contribution in [-0.4, -0.2) is 64.7 Å². The van der Waals surface area contributed by atoms with Crippen LogP contribution in [0.15, 0.2) is 71.5 Å². The summed E-state index contributed by atoms with van der Waals surface area (Å²) in [4.78, 5) is 39.2. The van der Waals surface area contributed by atoms with Crippen LogP contribution in [0.1, 0.15) is 62.0 Å². The summed E-state index contributed by atoms with van der Waals surface area (Å²) < 4.78 is 17.2. The second-order valence-electron chi connectivity index (χ2n) is 11.6. The molecular weight excluding hydrogens is 570 g/mol. The maximum absolute atomic E-state index is 13.6. The molecule has 2 bridgehead atoms.